The molecule has 0 radical (unpaired) electrons. The third-order valence-electron chi connectivity index (χ3n) is 3.70. The Balaban J connectivity index is 1.91. The van der Waals surface area contributed by atoms with Crippen molar-refractivity contribution >= 4 is 0 Å². The van der Waals surface area contributed by atoms with E-state index in [1.165, 1.54) is 12.1 Å². The molecule has 1 unspecified atom stereocenters. The van der Waals surface area contributed by atoms with Crippen molar-refractivity contribution in [2.75, 3.05) is 0 Å². The molecule has 0 amide bonds. The Morgan fingerprint density at radius 3 is 2.55 bits per heavy atom. The Morgan fingerprint density at radius 2 is 1.80 bits per heavy atom. The summed E-state index contributed by atoms with van der Waals surface area (Å²) in [5.74, 6) is 0.608. The maximum absolute atomic E-state index is 9.76. The fraction of sp³-hybridized carbons (Fsp3) is 0.250. The molecule has 4 nitrogen and oxygen atoms in total. The highest BCUT2D eigenvalue weighted by Gasteiger charge is 2.23. The topological polar surface area (TPSA) is 69.9 Å². The molecule has 1 heterocycles. The van der Waals surface area contributed by atoms with Crippen molar-refractivity contribution in [1.82, 2.24) is 0 Å². The smallest absolute Gasteiger partial charge is 0.157 e. The summed E-state index contributed by atoms with van der Waals surface area (Å²) < 4.78 is 5.90. The first-order chi connectivity index (χ1) is 9.54. The molecule has 1 atom stereocenters. The van der Waals surface area contributed by atoms with E-state index in [1.54, 1.807) is 12.1 Å². The van der Waals surface area contributed by atoms with Crippen molar-refractivity contribution in [2.45, 2.75) is 25.9 Å². The van der Waals surface area contributed by atoms with Crippen LogP contribution in [-0.4, -0.2) is 15.3 Å². The summed E-state index contributed by atoms with van der Waals surface area (Å²) in [6.07, 6.45) is 1.46. The van der Waals surface area contributed by atoms with Crippen molar-refractivity contribution in [1.29, 1.82) is 0 Å². The lowest BCUT2D eigenvalue weighted by Gasteiger charge is -2.27. The number of aromatic hydroxyl groups is 3. The molecule has 0 aliphatic carbocycles. The molecule has 1 aliphatic heterocycles. The van der Waals surface area contributed by atoms with E-state index in [9.17, 15) is 15.3 Å². The van der Waals surface area contributed by atoms with Crippen LogP contribution >= 0.6 is 0 Å². The number of ether oxygens (including phenoxy) is 1. The minimum Gasteiger partial charge on any atom is -0.508 e. The van der Waals surface area contributed by atoms with Gasteiger partial charge in [0.15, 0.2) is 11.5 Å². The summed E-state index contributed by atoms with van der Waals surface area (Å²) in [5.41, 5.74) is 2.73. The third-order valence-corrected chi connectivity index (χ3v) is 3.70. The van der Waals surface area contributed by atoms with Gasteiger partial charge in [0.2, 0.25) is 0 Å². The van der Waals surface area contributed by atoms with Crippen LogP contribution in [0.5, 0.6) is 23.0 Å². The van der Waals surface area contributed by atoms with Gasteiger partial charge in [-0.2, -0.15) is 0 Å². The molecule has 0 saturated heterocycles. The normalized spacial score (nSPS) is 17.4. The van der Waals surface area contributed by atoms with Gasteiger partial charge in [0, 0.05) is 6.07 Å². The Bertz CT molecular complexity index is 664. The van der Waals surface area contributed by atoms with Crippen molar-refractivity contribution < 1.29 is 20.1 Å². The van der Waals surface area contributed by atoms with Gasteiger partial charge >= 0.3 is 0 Å². The van der Waals surface area contributed by atoms with Gasteiger partial charge in [0.25, 0.3) is 0 Å². The Labute approximate surface area is 116 Å². The zero-order valence-corrected chi connectivity index (χ0v) is 11.1. The van der Waals surface area contributed by atoms with Gasteiger partial charge < -0.3 is 20.1 Å². The van der Waals surface area contributed by atoms with Crippen LogP contribution in [0.2, 0.25) is 0 Å². The second kappa shape index (κ2) is 4.63. The Kier molecular flexibility index (Phi) is 2.93. The van der Waals surface area contributed by atoms with Crippen molar-refractivity contribution in [3.63, 3.8) is 0 Å². The van der Waals surface area contributed by atoms with Crippen molar-refractivity contribution in [2.24, 2.45) is 0 Å². The molecular formula is C16H16O4. The molecule has 104 valence electrons. The molecule has 0 bridgehead atoms. The molecule has 0 saturated carbocycles. The van der Waals surface area contributed by atoms with Gasteiger partial charge in [-0.25, -0.2) is 0 Å². The summed E-state index contributed by atoms with van der Waals surface area (Å²) in [4.78, 5) is 0. The van der Waals surface area contributed by atoms with Crippen LogP contribution < -0.4 is 4.74 Å². The number of hydrogen-bond donors (Lipinski definition) is 3. The summed E-state index contributed by atoms with van der Waals surface area (Å²) >= 11 is 0. The van der Waals surface area contributed by atoms with E-state index in [0.717, 1.165) is 29.5 Å². The van der Waals surface area contributed by atoms with E-state index >= 15 is 0 Å². The van der Waals surface area contributed by atoms with E-state index in [1.807, 2.05) is 13.0 Å². The fourth-order valence-corrected chi connectivity index (χ4v) is 2.52. The number of hydrogen-bond acceptors (Lipinski definition) is 4. The van der Waals surface area contributed by atoms with E-state index in [4.69, 9.17) is 4.74 Å². The average Bonchev–Trinajstić information content (AvgIpc) is 2.43. The molecule has 0 fully saturated rings. The molecule has 2 aromatic rings. The van der Waals surface area contributed by atoms with E-state index in [2.05, 4.69) is 0 Å². The fourth-order valence-electron chi connectivity index (χ4n) is 2.52. The first-order valence-corrected chi connectivity index (χ1v) is 6.55. The van der Waals surface area contributed by atoms with Crippen LogP contribution in [0.25, 0.3) is 0 Å². The first kappa shape index (κ1) is 12.7. The van der Waals surface area contributed by atoms with E-state index in [0.29, 0.717) is 5.75 Å². The second-order valence-corrected chi connectivity index (χ2v) is 5.14. The van der Waals surface area contributed by atoms with Crippen LogP contribution in [0.1, 0.15) is 29.2 Å². The van der Waals surface area contributed by atoms with Crippen LogP contribution in [0.4, 0.5) is 0 Å². The van der Waals surface area contributed by atoms with Crippen molar-refractivity contribution in [3.05, 3.63) is 47.0 Å². The molecule has 0 spiro atoms. The third kappa shape index (κ3) is 2.13. The number of rotatable bonds is 1. The highest BCUT2D eigenvalue weighted by molar-refractivity contribution is 5.47. The molecule has 2 aromatic carbocycles. The molecule has 4 heteroatoms. The van der Waals surface area contributed by atoms with Gasteiger partial charge in [-0.1, -0.05) is 6.07 Å². The predicted molar refractivity (Wildman–Crippen MR) is 74.3 cm³/mol. The average molecular weight is 272 g/mol. The van der Waals surface area contributed by atoms with Crippen LogP contribution in [0.3, 0.4) is 0 Å². The summed E-state index contributed by atoms with van der Waals surface area (Å²) in [5, 5.41) is 28.7. The minimum atomic E-state index is -0.184. The summed E-state index contributed by atoms with van der Waals surface area (Å²) in [6.45, 7) is 1.86. The first-order valence-electron chi connectivity index (χ1n) is 6.55. The highest BCUT2D eigenvalue weighted by atomic mass is 16.5. The lowest BCUT2D eigenvalue weighted by atomic mass is 9.96. The van der Waals surface area contributed by atoms with Crippen LogP contribution in [0.15, 0.2) is 30.3 Å². The maximum Gasteiger partial charge on any atom is 0.157 e. The van der Waals surface area contributed by atoms with Gasteiger partial charge in [-0.05, 0) is 54.7 Å². The number of fused-ring (bicyclic) bond motifs is 1. The van der Waals surface area contributed by atoms with Gasteiger partial charge in [-0.3, -0.25) is 0 Å². The van der Waals surface area contributed by atoms with Gasteiger partial charge in [0.05, 0.1) is 0 Å². The summed E-state index contributed by atoms with van der Waals surface area (Å²) in [6, 6.07) is 8.28. The largest absolute Gasteiger partial charge is 0.508 e. The van der Waals surface area contributed by atoms with Gasteiger partial charge in [0.1, 0.15) is 17.6 Å². The standard InChI is InChI=1S/C16H16O4/c1-9-6-10-3-5-15(20-16(10)8-13(9)18)11-2-4-12(17)14(19)7-11/h2,4,6-8,15,17-19H,3,5H2,1H3. The predicted octanol–water partition coefficient (Wildman–Crippen LogP) is 3.18. The zero-order valence-electron chi connectivity index (χ0n) is 11.1. The molecule has 3 rings (SSSR count). The maximum atomic E-state index is 9.76. The minimum absolute atomic E-state index is 0.141. The SMILES string of the molecule is Cc1cc2c(cc1O)OC(c1ccc(O)c(O)c1)CC2. The monoisotopic (exact) mass is 272 g/mol. The Hall–Kier alpha value is -2.36. The van der Waals surface area contributed by atoms with E-state index < -0.39 is 0 Å². The second-order valence-electron chi connectivity index (χ2n) is 5.14. The Morgan fingerprint density at radius 1 is 1.00 bits per heavy atom. The number of benzene rings is 2. The molecule has 0 aromatic heterocycles. The number of phenols is 3. The van der Waals surface area contributed by atoms with Crippen LogP contribution in [0, 0.1) is 6.92 Å². The lowest BCUT2D eigenvalue weighted by Crippen LogP contribution is -2.15. The zero-order chi connectivity index (χ0) is 14.3. The van der Waals surface area contributed by atoms with E-state index in [-0.39, 0.29) is 23.4 Å². The highest BCUT2D eigenvalue weighted by Crippen LogP contribution is 2.39. The summed E-state index contributed by atoms with van der Waals surface area (Å²) in [7, 11) is 0. The van der Waals surface area contributed by atoms with Gasteiger partial charge in [-0.15, -0.1) is 0 Å². The lowest BCUT2D eigenvalue weighted by molar-refractivity contribution is 0.175. The molecular weight excluding hydrogens is 256 g/mol. The molecule has 3 N–H and O–H groups in total. The number of aryl methyl sites for hydroxylation is 2. The number of phenolic OH excluding ortho intramolecular Hbond substituents is 3. The van der Waals surface area contributed by atoms with Crippen molar-refractivity contribution in [3.8, 4) is 23.0 Å². The molecule has 1 aliphatic rings. The molecule has 20 heavy (non-hydrogen) atoms. The quantitative estimate of drug-likeness (QED) is 0.697. The van der Waals surface area contributed by atoms with Crippen LogP contribution in [-0.2, 0) is 6.42 Å².